The van der Waals surface area contributed by atoms with Gasteiger partial charge in [0.2, 0.25) is 10.0 Å². The van der Waals surface area contributed by atoms with E-state index in [9.17, 15) is 13.5 Å². The maximum Gasteiger partial charge on any atom is 0.243 e. The lowest BCUT2D eigenvalue weighted by Crippen LogP contribution is -2.47. The predicted molar refractivity (Wildman–Crippen MR) is 72.3 cm³/mol. The molecular weight excluding hydrogens is 274 g/mol. The van der Waals surface area contributed by atoms with Crippen LogP contribution in [0.1, 0.15) is 19.4 Å². The molecule has 1 rings (SSSR count). The summed E-state index contributed by atoms with van der Waals surface area (Å²) in [4.78, 5) is 0.166. The minimum atomic E-state index is -3.67. The van der Waals surface area contributed by atoms with Crippen molar-refractivity contribution in [2.45, 2.75) is 31.2 Å². The van der Waals surface area contributed by atoms with Crippen molar-refractivity contribution in [3.05, 3.63) is 28.8 Å². The van der Waals surface area contributed by atoms with E-state index < -0.39 is 15.6 Å². The first-order valence-electron chi connectivity index (χ1n) is 5.49. The zero-order valence-electron chi connectivity index (χ0n) is 10.9. The number of nitrogens with zero attached hydrogens (tertiary/aromatic N) is 1. The summed E-state index contributed by atoms with van der Waals surface area (Å²) in [6.07, 6.45) is 0. The summed E-state index contributed by atoms with van der Waals surface area (Å²) < 4.78 is 26.1. The topological polar surface area (TPSA) is 57.6 Å². The molecule has 0 aromatic heterocycles. The van der Waals surface area contributed by atoms with Crippen LogP contribution in [-0.2, 0) is 10.0 Å². The van der Waals surface area contributed by atoms with Crippen LogP contribution in [0.4, 0.5) is 0 Å². The van der Waals surface area contributed by atoms with Crippen LogP contribution in [-0.4, -0.2) is 37.0 Å². The molecule has 0 amide bonds. The highest BCUT2D eigenvalue weighted by Gasteiger charge is 2.34. The first-order chi connectivity index (χ1) is 8.14. The van der Waals surface area contributed by atoms with E-state index in [2.05, 4.69) is 0 Å². The van der Waals surface area contributed by atoms with Crippen LogP contribution in [0.2, 0.25) is 5.02 Å². The van der Waals surface area contributed by atoms with Crippen molar-refractivity contribution in [2.75, 3.05) is 13.7 Å². The molecule has 0 aliphatic carbocycles. The molecule has 1 aromatic rings. The lowest BCUT2D eigenvalue weighted by molar-refractivity contribution is 0.138. The summed E-state index contributed by atoms with van der Waals surface area (Å²) in [7, 11) is -2.22. The predicted octanol–water partition coefficient (Wildman–Crippen LogP) is 2.04. The van der Waals surface area contributed by atoms with Crippen molar-refractivity contribution in [1.29, 1.82) is 0 Å². The number of aliphatic hydroxyl groups excluding tert-OH is 1. The second kappa shape index (κ2) is 5.17. The summed E-state index contributed by atoms with van der Waals surface area (Å²) in [5.74, 6) is 0. The van der Waals surface area contributed by atoms with Gasteiger partial charge in [-0.1, -0.05) is 17.7 Å². The third-order valence-electron chi connectivity index (χ3n) is 3.10. The zero-order chi connectivity index (χ0) is 14.1. The smallest absolute Gasteiger partial charge is 0.243 e. The monoisotopic (exact) mass is 291 g/mol. The van der Waals surface area contributed by atoms with E-state index in [1.165, 1.54) is 17.4 Å². The number of sulfonamides is 1. The molecule has 0 unspecified atom stereocenters. The molecule has 0 heterocycles. The number of benzene rings is 1. The van der Waals surface area contributed by atoms with Gasteiger partial charge in [0.15, 0.2) is 0 Å². The molecule has 1 N–H and O–H groups in total. The van der Waals surface area contributed by atoms with Crippen molar-refractivity contribution in [3.8, 4) is 0 Å². The fraction of sp³-hybridized carbons (Fsp3) is 0.500. The third kappa shape index (κ3) is 2.69. The number of likely N-dealkylation sites (N-methyl/N-ethyl adjacent to an activating group) is 1. The Hall–Kier alpha value is -0.620. The molecule has 6 heteroatoms. The highest BCUT2D eigenvalue weighted by Crippen LogP contribution is 2.28. The average Bonchev–Trinajstić information content (AvgIpc) is 2.31. The zero-order valence-corrected chi connectivity index (χ0v) is 12.5. The maximum absolute atomic E-state index is 12.5. The highest BCUT2D eigenvalue weighted by molar-refractivity contribution is 7.89. The molecule has 18 heavy (non-hydrogen) atoms. The molecule has 0 aliphatic rings. The standard InChI is InChI=1S/C12H18ClNO3S/c1-9-10(13)6-5-7-11(9)18(16,17)14(4)12(2,3)8-15/h5-7,15H,8H2,1-4H3. The first-order valence-corrected chi connectivity index (χ1v) is 7.31. The molecule has 0 saturated carbocycles. The molecule has 0 saturated heterocycles. The van der Waals surface area contributed by atoms with Crippen molar-refractivity contribution >= 4 is 21.6 Å². The molecule has 0 bridgehead atoms. The molecule has 0 atom stereocenters. The molecule has 0 fully saturated rings. The van der Waals surface area contributed by atoms with Gasteiger partial charge in [0.1, 0.15) is 0 Å². The van der Waals surface area contributed by atoms with Gasteiger partial charge in [-0.05, 0) is 38.5 Å². The van der Waals surface area contributed by atoms with Crippen LogP contribution in [0.3, 0.4) is 0 Å². The summed E-state index contributed by atoms with van der Waals surface area (Å²) in [5, 5.41) is 9.67. The summed E-state index contributed by atoms with van der Waals surface area (Å²) in [6.45, 7) is 4.71. The van der Waals surface area contributed by atoms with Crippen LogP contribution in [0.25, 0.3) is 0 Å². The van der Waals surface area contributed by atoms with Gasteiger partial charge in [0, 0.05) is 12.1 Å². The summed E-state index contributed by atoms with van der Waals surface area (Å²) in [5.41, 5.74) is -0.354. The molecule has 0 spiro atoms. The Morgan fingerprint density at radius 1 is 1.39 bits per heavy atom. The van der Waals surface area contributed by atoms with Gasteiger partial charge in [-0.15, -0.1) is 0 Å². The van der Waals surface area contributed by atoms with E-state index in [0.29, 0.717) is 10.6 Å². The Labute approximate surface area is 113 Å². The van der Waals surface area contributed by atoms with Gasteiger partial charge < -0.3 is 5.11 Å². The molecule has 0 radical (unpaired) electrons. The lowest BCUT2D eigenvalue weighted by Gasteiger charge is -2.33. The number of hydrogen-bond donors (Lipinski definition) is 1. The van der Waals surface area contributed by atoms with Gasteiger partial charge in [-0.2, -0.15) is 4.31 Å². The summed E-state index contributed by atoms with van der Waals surface area (Å²) in [6, 6.07) is 4.76. The van der Waals surface area contributed by atoms with Gasteiger partial charge in [0.25, 0.3) is 0 Å². The molecule has 4 nitrogen and oxygen atoms in total. The number of rotatable bonds is 4. The van der Waals surface area contributed by atoms with Gasteiger partial charge in [0.05, 0.1) is 17.0 Å². The first kappa shape index (κ1) is 15.4. The van der Waals surface area contributed by atoms with E-state index in [4.69, 9.17) is 11.6 Å². The van der Waals surface area contributed by atoms with E-state index in [0.717, 1.165) is 0 Å². The van der Waals surface area contributed by atoms with Gasteiger partial charge >= 0.3 is 0 Å². The Kier molecular flexibility index (Phi) is 4.43. The minimum Gasteiger partial charge on any atom is -0.394 e. The van der Waals surface area contributed by atoms with Crippen LogP contribution in [0.5, 0.6) is 0 Å². The summed E-state index contributed by atoms with van der Waals surface area (Å²) >= 11 is 5.94. The second-order valence-corrected chi connectivity index (χ2v) is 7.15. The van der Waals surface area contributed by atoms with Crippen LogP contribution in [0, 0.1) is 6.92 Å². The van der Waals surface area contributed by atoms with Crippen LogP contribution >= 0.6 is 11.6 Å². The highest BCUT2D eigenvalue weighted by atomic mass is 35.5. The van der Waals surface area contributed by atoms with Crippen molar-refractivity contribution in [2.24, 2.45) is 0 Å². The van der Waals surface area contributed by atoms with Gasteiger partial charge in [-0.3, -0.25) is 0 Å². The van der Waals surface area contributed by atoms with Gasteiger partial charge in [-0.25, -0.2) is 8.42 Å². The minimum absolute atomic E-state index is 0.166. The Balaban J connectivity index is 3.35. The Morgan fingerprint density at radius 2 is 1.94 bits per heavy atom. The van der Waals surface area contributed by atoms with E-state index in [1.807, 2.05) is 0 Å². The molecule has 0 aliphatic heterocycles. The van der Waals surface area contributed by atoms with Crippen molar-refractivity contribution in [3.63, 3.8) is 0 Å². The SMILES string of the molecule is Cc1c(Cl)cccc1S(=O)(=O)N(C)C(C)(C)CO. The van der Waals surface area contributed by atoms with Crippen molar-refractivity contribution in [1.82, 2.24) is 4.31 Å². The fourth-order valence-corrected chi connectivity index (χ4v) is 3.42. The Bertz CT molecular complexity index is 540. The fourth-order valence-electron chi connectivity index (χ4n) is 1.44. The quantitative estimate of drug-likeness (QED) is 0.923. The van der Waals surface area contributed by atoms with E-state index >= 15 is 0 Å². The van der Waals surface area contributed by atoms with E-state index in [-0.39, 0.29) is 11.5 Å². The second-order valence-electron chi connectivity index (χ2n) is 4.81. The van der Waals surface area contributed by atoms with E-state index in [1.54, 1.807) is 32.9 Å². The van der Waals surface area contributed by atoms with Crippen molar-refractivity contribution < 1.29 is 13.5 Å². The largest absolute Gasteiger partial charge is 0.394 e. The maximum atomic E-state index is 12.5. The van der Waals surface area contributed by atoms with Crippen LogP contribution in [0.15, 0.2) is 23.1 Å². The lowest BCUT2D eigenvalue weighted by atomic mass is 10.1. The Morgan fingerprint density at radius 3 is 2.44 bits per heavy atom. The third-order valence-corrected chi connectivity index (χ3v) is 5.72. The molecular formula is C12H18ClNO3S. The number of aliphatic hydroxyl groups is 1. The number of hydrogen-bond acceptors (Lipinski definition) is 3. The van der Waals surface area contributed by atoms with Crippen LogP contribution < -0.4 is 0 Å². The number of halogens is 1. The average molecular weight is 292 g/mol. The molecule has 1 aromatic carbocycles. The molecule has 102 valence electrons. The normalized spacial score (nSPS) is 13.1.